The molecule has 3 N–H and O–H groups in total. The van der Waals surface area contributed by atoms with Gasteiger partial charge < -0.3 is 10.7 Å². The fourth-order valence-electron chi connectivity index (χ4n) is 1.89. The van der Waals surface area contributed by atoms with Crippen molar-refractivity contribution in [2.75, 3.05) is 0 Å². The Hall–Kier alpha value is -2.57. The van der Waals surface area contributed by atoms with Crippen molar-refractivity contribution in [3.63, 3.8) is 0 Å². The summed E-state index contributed by atoms with van der Waals surface area (Å²) >= 11 is 0. The first kappa shape index (κ1) is 11.5. The number of benzene rings is 1. The number of nitrogens with two attached hydrogens (primary N) is 1. The van der Waals surface area contributed by atoms with Crippen LogP contribution in [0, 0.1) is 11.8 Å². The lowest BCUT2D eigenvalue weighted by molar-refractivity contribution is 1.07. The Labute approximate surface area is 111 Å². The van der Waals surface area contributed by atoms with E-state index in [2.05, 4.69) is 21.8 Å². The lowest BCUT2D eigenvalue weighted by Gasteiger charge is -1.94. The Morgan fingerprint density at radius 1 is 1.11 bits per heavy atom. The Morgan fingerprint density at radius 3 is 2.68 bits per heavy atom. The van der Waals surface area contributed by atoms with Crippen LogP contribution in [0.15, 0.2) is 48.7 Å². The monoisotopic (exact) mass is 247 g/mol. The van der Waals surface area contributed by atoms with Crippen molar-refractivity contribution in [2.45, 2.75) is 6.54 Å². The summed E-state index contributed by atoms with van der Waals surface area (Å²) in [4.78, 5) is 7.43. The zero-order valence-electron chi connectivity index (χ0n) is 10.4. The molecule has 1 aromatic carbocycles. The predicted octanol–water partition coefficient (Wildman–Crippen LogP) is 2.42. The van der Waals surface area contributed by atoms with E-state index in [1.165, 1.54) is 0 Å². The number of rotatable bonds is 1. The van der Waals surface area contributed by atoms with Gasteiger partial charge in [0, 0.05) is 23.7 Å². The Kier molecular flexibility index (Phi) is 3.01. The maximum atomic E-state index is 5.56. The molecule has 0 saturated carbocycles. The van der Waals surface area contributed by atoms with Gasteiger partial charge in [-0.2, -0.15) is 0 Å². The summed E-state index contributed by atoms with van der Waals surface area (Å²) in [6.45, 7) is 0.557. The van der Waals surface area contributed by atoms with E-state index in [0.29, 0.717) is 6.54 Å². The molecule has 92 valence electrons. The molecule has 2 heterocycles. The largest absolute Gasteiger partial charge is 0.333 e. The van der Waals surface area contributed by atoms with Crippen molar-refractivity contribution in [1.29, 1.82) is 0 Å². The van der Waals surface area contributed by atoms with E-state index in [4.69, 9.17) is 5.73 Å². The SMILES string of the molecule is NCc1ccc(C#Cc2cc3cccnc3[nH]2)cc1. The first-order valence-electron chi connectivity index (χ1n) is 6.10. The second-order valence-corrected chi connectivity index (χ2v) is 4.28. The average molecular weight is 247 g/mol. The van der Waals surface area contributed by atoms with E-state index < -0.39 is 0 Å². The molecule has 0 saturated heterocycles. The molecule has 0 unspecified atom stereocenters. The van der Waals surface area contributed by atoms with Gasteiger partial charge in [0.25, 0.3) is 0 Å². The number of hydrogen-bond acceptors (Lipinski definition) is 2. The molecule has 0 aliphatic rings. The second kappa shape index (κ2) is 4.97. The van der Waals surface area contributed by atoms with E-state index in [1.54, 1.807) is 6.20 Å². The first-order valence-corrected chi connectivity index (χ1v) is 6.10. The van der Waals surface area contributed by atoms with Crippen molar-refractivity contribution in [3.8, 4) is 11.8 Å². The fourth-order valence-corrected chi connectivity index (χ4v) is 1.89. The van der Waals surface area contributed by atoms with Gasteiger partial charge in [-0.3, -0.25) is 0 Å². The quantitative estimate of drug-likeness (QED) is 0.649. The number of nitrogens with one attached hydrogen (secondary N) is 1. The third-order valence-corrected chi connectivity index (χ3v) is 2.92. The van der Waals surface area contributed by atoms with E-state index >= 15 is 0 Å². The van der Waals surface area contributed by atoms with Crippen LogP contribution in [0.1, 0.15) is 16.8 Å². The van der Waals surface area contributed by atoms with Gasteiger partial charge in [0.2, 0.25) is 0 Å². The Morgan fingerprint density at radius 2 is 1.95 bits per heavy atom. The molecule has 0 fully saturated rings. The van der Waals surface area contributed by atoms with Crippen LogP contribution in [-0.2, 0) is 6.54 Å². The molecule has 0 aliphatic carbocycles. The minimum Gasteiger partial charge on any atom is -0.333 e. The van der Waals surface area contributed by atoms with Gasteiger partial charge in [-0.1, -0.05) is 18.1 Å². The summed E-state index contributed by atoms with van der Waals surface area (Å²) in [5.41, 5.74) is 9.39. The summed E-state index contributed by atoms with van der Waals surface area (Å²) in [6, 6.07) is 13.9. The van der Waals surface area contributed by atoms with Crippen LogP contribution in [0.3, 0.4) is 0 Å². The second-order valence-electron chi connectivity index (χ2n) is 4.28. The molecule has 2 aromatic heterocycles. The Bertz CT molecular complexity index is 725. The maximum Gasteiger partial charge on any atom is 0.138 e. The summed E-state index contributed by atoms with van der Waals surface area (Å²) in [6.07, 6.45) is 1.77. The average Bonchev–Trinajstić information content (AvgIpc) is 2.88. The highest BCUT2D eigenvalue weighted by Crippen LogP contribution is 2.11. The van der Waals surface area contributed by atoms with Gasteiger partial charge in [-0.05, 0) is 41.8 Å². The van der Waals surface area contributed by atoms with E-state index in [9.17, 15) is 0 Å². The van der Waals surface area contributed by atoms with E-state index in [0.717, 1.165) is 27.9 Å². The zero-order chi connectivity index (χ0) is 13.1. The Balaban J connectivity index is 1.89. The van der Waals surface area contributed by atoms with Crippen LogP contribution < -0.4 is 5.73 Å². The standard InChI is InChI=1S/C16H13N3/c17-11-13-5-3-12(4-6-13)7-8-15-10-14-2-1-9-18-16(14)19-15/h1-6,9-10H,11,17H2,(H,18,19). The van der Waals surface area contributed by atoms with Crippen molar-refractivity contribution in [2.24, 2.45) is 5.73 Å². The van der Waals surface area contributed by atoms with Crippen molar-refractivity contribution in [1.82, 2.24) is 9.97 Å². The predicted molar refractivity (Wildman–Crippen MR) is 76.4 cm³/mol. The third-order valence-electron chi connectivity index (χ3n) is 2.92. The number of H-pyrrole nitrogens is 1. The van der Waals surface area contributed by atoms with Crippen LogP contribution >= 0.6 is 0 Å². The number of pyridine rings is 1. The number of aromatic amines is 1. The van der Waals surface area contributed by atoms with Crippen LogP contribution in [-0.4, -0.2) is 9.97 Å². The van der Waals surface area contributed by atoms with Gasteiger partial charge >= 0.3 is 0 Å². The minimum absolute atomic E-state index is 0.557. The molecule has 3 rings (SSSR count). The van der Waals surface area contributed by atoms with Crippen molar-refractivity contribution >= 4 is 11.0 Å². The number of nitrogens with zero attached hydrogens (tertiary/aromatic N) is 1. The first-order chi connectivity index (χ1) is 9.35. The van der Waals surface area contributed by atoms with Crippen LogP contribution in [0.2, 0.25) is 0 Å². The highest BCUT2D eigenvalue weighted by molar-refractivity contribution is 5.77. The normalized spacial score (nSPS) is 10.2. The molecule has 0 bridgehead atoms. The molecule has 0 amide bonds. The van der Waals surface area contributed by atoms with E-state index in [-0.39, 0.29) is 0 Å². The van der Waals surface area contributed by atoms with Crippen molar-refractivity contribution < 1.29 is 0 Å². The molecular weight excluding hydrogens is 234 g/mol. The molecule has 3 nitrogen and oxygen atoms in total. The topological polar surface area (TPSA) is 54.7 Å². The molecule has 0 atom stereocenters. The lowest BCUT2D eigenvalue weighted by Crippen LogP contribution is -1.95. The lowest BCUT2D eigenvalue weighted by atomic mass is 10.1. The number of aromatic nitrogens is 2. The van der Waals surface area contributed by atoms with Crippen LogP contribution in [0.5, 0.6) is 0 Å². The minimum atomic E-state index is 0.557. The summed E-state index contributed by atoms with van der Waals surface area (Å²) in [7, 11) is 0. The summed E-state index contributed by atoms with van der Waals surface area (Å²) in [5, 5.41) is 1.07. The smallest absolute Gasteiger partial charge is 0.138 e. The molecular formula is C16H13N3. The highest BCUT2D eigenvalue weighted by atomic mass is 14.8. The number of hydrogen-bond donors (Lipinski definition) is 2. The molecule has 3 heteroatoms. The summed E-state index contributed by atoms with van der Waals surface area (Å²) < 4.78 is 0. The molecule has 3 aromatic rings. The van der Waals surface area contributed by atoms with Gasteiger partial charge in [0.1, 0.15) is 5.65 Å². The third kappa shape index (κ3) is 2.49. The molecule has 0 radical (unpaired) electrons. The fraction of sp³-hybridized carbons (Fsp3) is 0.0625. The van der Waals surface area contributed by atoms with Crippen LogP contribution in [0.4, 0.5) is 0 Å². The van der Waals surface area contributed by atoms with Crippen LogP contribution in [0.25, 0.3) is 11.0 Å². The molecule has 19 heavy (non-hydrogen) atoms. The number of fused-ring (bicyclic) bond motifs is 1. The maximum absolute atomic E-state index is 5.56. The van der Waals surface area contributed by atoms with Gasteiger partial charge in [0.05, 0.1) is 5.69 Å². The van der Waals surface area contributed by atoms with Gasteiger partial charge in [0.15, 0.2) is 0 Å². The molecule has 0 aliphatic heterocycles. The summed E-state index contributed by atoms with van der Waals surface area (Å²) in [5.74, 6) is 6.23. The molecule has 0 spiro atoms. The van der Waals surface area contributed by atoms with E-state index in [1.807, 2.05) is 42.5 Å². The highest BCUT2D eigenvalue weighted by Gasteiger charge is 1.97. The zero-order valence-corrected chi connectivity index (χ0v) is 10.4. The van der Waals surface area contributed by atoms with Gasteiger partial charge in [-0.15, -0.1) is 0 Å². The van der Waals surface area contributed by atoms with Crippen molar-refractivity contribution in [3.05, 3.63) is 65.5 Å². The van der Waals surface area contributed by atoms with Gasteiger partial charge in [-0.25, -0.2) is 4.98 Å².